The molecule has 0 saturated heterocycles. The van der Waals surface area contributed by atoms with Gasteiger partial charge in [0.2, 0.25) is 11.8 Å². The van der Waals surface area contributed by atoms with Gasteiger partial charge in [-0.1, -0.05) is 67.6 Å². The van der Waals surface area contributed by atoms with Crippen LogP contribution in [-0.4, -0.2) is 33.9 Å². The summed E-state index contributed by atoms with van der Waals surface area (Å²) >= 11 is 0. The molecule has 0 bridgehead atoms. The van der Waals surface area contributed by atoms with E-state index in [1.807, 2.05) is 49.1 Å². The van der Waals surface area contributed by atoms with Crippen molar-refractivity contribution in [2.75, 3.05) is 11.4 Å². The third kappa shape index (κ3) is 4.71. The van der Waals surface area contributed by atoms with E-state index >= 15 is 0 Å². The smallest absolute Gasteiger partial charge is 0.247 e. The highest BCUT2D eigenvalue weighted by atomic mass is 16.2. The molecule has 36 heavy (non-hydrogen) atoms. The molecule has 0 radical (unpaired) electrons. The number of rotatable bonds is 7. The van der Waals surface area contributed by atoms with E-state index in [0.717, 1.165) is 34.6 Å². The monoisotopic (exact) mass is 483 g/mol. The first-order chi connectivity index (χ1) is 17.4. The number of fused-ring (bicyclic) bond motifs is 3. The summed E-state index contributed by atoms with van der Waals surface area (Å²) in [5.74, 6) is 0.696. The first-order valence-electron chi connectivity index (χ1n) is 13.4. The molecule has 2 amide bonds. The van der Waals surface area contributed by atoms with Gasteiger partial charge < -0.3 is 9.47 Å². The standard InChI is InChI=1S/C31H37N3O2/c1-22(2)33(29(35)18-17-24-11-4-5-12-24)21-30(36)34-27-15-7-6-14-26(27)32-19-9-16-28(32)31(34)25-13-8-10-23(3)20-25/h6-10,13-16,19-20,22,24,31H,4-5,11-12,17-18,21H2,1-3H3. The van der Waals surface area contributed by atoms with Gasteiger partial charge in [0, 0.05) is 18.7 Å². The summed E-state index contributed by atoms with van der Waals surface area (Å²) < 4.78 is 2.18. The molecule has 1 aliphatic heterocycles. The molecule has 5 heteroatoms. The maximum Gasteiger partial charge on any atom is 0.247 e. The third-order valence-corrected chi connectivity index (χ3v) is 7.84. The van der Waals surface area contributed by atoms with Gasteiger partial charge in [-0.2, -0.15) is 0 Å². The first-order valence-corrected chi connectivity index (χ1v) is 13.4. The lowest BCUT2D eigenvalue weighted by molar-refractivity contribution is -0.137. The lowest BCUT2D eigenvalue weighted by atomic mass is 9.96. The minimum Gasteiger partial charge on any atom is -0.331 e. The molecule has 1 atom stereocenters. The fourth-order valence-electron chi connectivity index (χ4n) is 5.97. The summed E-state index contributed by atoms with van der Waals surface area (Å²) in [7, 11) is 0. The number of aromatic nitrogens is 1. The molecule has 2 aliphatic rings. The van der Waals surface area contributed by atoms with Gasteiger partial charge in [0.1, 0.15) is 12.6 Å². The SMILES string of the molecule is Cc1cccc(C2c3cccn3-c3ccccc3N2C(=O)CN(C(=O)CCC2CCCC2)C(C)C)c1. The summed E-state index contributed by atoms with van der Waals surface area (Å²) in [6, 6.07) is 20.3. The summed E-state index contributed by atoms with van der Waals surface area (Å²) in [4.78, 5) is 31.2. The normalized spacial score (nSPS) is 17.2. The van der Waals surface area contributed by atoms with Crippen LogP contribution in [0.5, 0.6) is 0 Å². The largest absolute Gasteiger partial charge is 0.331 e. The highest BCUT2D eigenvalue weighted by Gasteiger charge is 2.37. The van der Waals surface area contributed by atoms with Gasteiger partial charge in [-0.3, -0.25) is 14.5 Å². The van der Waals surface area contributed by atoms with E-state index in [-0.39, 0.29) is 30.4 Å². The van der Waals surface area contributed by atoms with Crippen LogP contribution in [0.25, 0.3) is 5.69 Å². The number of hydrogen-bond donors (Lipinski definition) is 0. The van der Waals surface area contributed by atoms with Crippen LogP contribution in [0.2, 0.25) is 0 Å². The molecule has 5 nitrogen and oxygen atoms in total. The van der Waals surface area contributed by atoms with Crippen molar-refractivity contribution in [3.63, 3.8) is 0 Å². The zero-order valence-electron chi connectivity index (χ0n) is 21.7. The van der Waals surface area contributed by atoms with Crippen LogP contribution >= 0.6 is 0 Å². The summed E-state index contributed by atoms with van der Waals surface area (Å²) in [6.07, 6.45) is 8.54. The van der Waals surface area contributed by atoms with E-state index in [9.17, 15) is 9.59 Å². The average molecular weight is 484 g/mol. The Hall–Kier alpha value is -3.34. The van der Waals surface area contributed by atoms with Crippen molar-refractivity contribution in [1.82, 2.24) is 9.47 Å². The van der Waals surface area contributed by atoms with E-state index < -0.39 is 0 Å². The zero-order valence-corrected chi connectivity index (χ0v) is 21.7. The van der Waals surface area contributed by atoms with Crippen LogP contribution in [-0.2, 0) is 9.59 Å². The predicted molar refractivity (Wildman–Crippen MR) is 144 cm³/mol. The third-order valence-electron chi connectivity index (χ3n) is 7.84. The number of benzene rings is 2. The molecule has 1 unspecified atom stereocenters. The Kier molecular flexibility index (Phi) is 6.99. The van der Waals surface area contributed by atoms with Crippen LogP contribution in [0.3, 0.4) is 0 Å². The van der Waals surface area contributed by atoms with Gasteiger partial charge in [0.05, 0.1) is 17.1 Å². The van der Waals surface area contributed by atoms with Gasteiger partial charge in [-0.05, 0) is 62.9 Å². The molecule has 1 aliphatic carbocycles. The molecule has 2 aromatic carbocycles. The van der Waals surface area contributed by atoms with E-state index in [4.69, 9.17) is 0 Å². The summed E-state index contributed by atoms with van der Waals surface area (Å²) in [5, 5.41) is 0. The molecule has 1 saturated carbocycles. The van der Waals surface area contributed by atoms with Crippen molar-refractivity contribution < 1.29 is 9.59 Å². The number of amides is 2. The number of para-hydroxylation sites is 2. The Morgan fingerprint density at radius 1 is 0.972 bits per heavy atom. The quantitative estimate of drug-likeness (QED) is 0.389. The van der Waals surface area contributed by atoms with E-state index in [0.29, 0.717) is 12.3 Å². The number of anilines is 1. The second kappa shape index (κ2) is 10.3. The first kappa shape index (κ1) is 24.4. The Morgan fingerprint density at radius 2 is 1.72 bits per heavy atom. The van der Waals surface area contributed by atoms with Crippen molar-refractivity contribution in [2.24, 2.45) is 5.92 Å². The van der Waals surface area contributed by atoms with Gasteiger partial charge in [-0.25, -0.2) is 0 Å². The average Bonchev–Trinajstić information content (AvgIpc) is 3.57. The number of carbonyl (C=O) groups excluding carboxylic acids is 2. The highest BCUT2D eigenvalue weighted by Crippen LogP contribution is 2.42. The minimum atomic E-state index is -0.259. The number of carbonyl (C=O) groups is 2. The van der Waals surface area contributed by atoms with Crippen LogP contribution in [0.15, 0.2) is 66.9 Å². The Morgan fingerprint density at radius 3 is 2.44 bits per heavy atom. The number of hydrogen-bond acceptors (Lipinski definition) is 2. The Labute approximate surface area is 214 Å². The molecule has 188 valence electrons. The van der Waals surface area contributed by atoms with E-state index in [2.05, 4.69) is 48.0 Å². The molecule has 2 heterocycles. The van der Waals surface area contributed by atoms with Crippen molar-refractivity contribution >= 4 is 17.5 Å². The number of nitrogens with zero attached hydrogens (tertiary/aromatic N) is 3. The fraction of sp³-hybridized carbons (Fsp3) is 0.419. The van der Waals surface area contributed by atoms with Crippen molar-refractivity contribution in [3.8, 4) is 5.69 Å². The van der Waals surface area contributed by atoms with Gasteiger partial charge in [0.15, 0.2) is 0 Å². The molecule has 1 fully saturated rings. The fourth-order valence-corrected chi connectivity index (χ4v) is 5.97. The van der Waals surface area contributed by atoms with E-state index in [1.165, 1.54) is 25.7 Å². The lowest BCUT2D eigenvalue weighted by Gasteiger charge is -2.40. The van der Waals surface area contributed by atoms with Gasteiger partial charge >= 0.3 is 0 Å². The highest BCUT2D eigenvalue weighted by molar-refractivity contribution is 6.00. The van der Waals surface area contributed by atoms with Crippen LogP contribution in [0.1, 0.15) is 75.2 Å². The van der Waals surface area contributed by atoms with Crippen molar-refractivity contribution in [3.05, 3.63) is 83.7 Å². The van der Waals surface area contributed by atoms with Gasteiger partial charge in [0.25, 0.3) is 0 Å². The van der Waals surface area contributed by atoms with Crippen molar-refractivity contribution in [1.29, 1.82) is 0 Å². The van der Waals surface area contributed by atoms with Crippen molar-refractivity contribution in [2.45, 2.75) is 71.4 Å². The molecular weight excluding hydrogens is 446 g/mol. The molecule has 0 N–H and O–H groups in total. The van der Waals surface area contributed by atoms with Crippen LogP contribution < -0.4 is 4.90 Å². The maximum absolute atomic E-state index is 14.2. The molecule has 1 aromatic heterocycles. The van der Waals surface area contributed by atoms with Gasteiger partial charge in [-0.15, -0.1) is 0 Å². The zero-order chi connectivity index (χ0) is 25.2. The molecule has 0 spiro atoms. The Balaban J connectivity index is 1.47. The second-order valence-electron chi connectivity index (χ2n) is 10.7. The van der Waals surface area contributed by atoms with Crippen LogP contribution in [0, 0.1) is 12.8 Å². The topological polar surface area (TPSA) is 45.6 Å². The number of aryl methyl sites for hydroxylation is 1. The van der Waals surface area contributed by atoms with Crippen LogP contribution in [0.4, 0.5) is 5.69 Å². The summed E-state index contributed by atoms with van der Waals surface area (Å²) in [6.45, 7) is 6.18. The predicted octanol–water partition coefficient (Wildman–Crippen LogP) is 6.43. The second-order valence-corrected chi connectivity index (χ2v) is 10.7. The molecule has 3 aromatic rings. The minimum absolute atomic E-state index is 0.0358. The lowest BCUT2D eigenvalue weighted by Crippen LogP contribution is -2.48. The van der Waals surface area contributed by atoms with E-state index in [1.54, 1.807) is 4.90 Å². The molecular formula is C31H37N3O2. The maximum atomic E-state index is 14.2. The Bertz CT molecular complexity index is 1240. The summed E-state index contributed by atoms with van der Waals surface area (Å²) in [5.41, 5.74) is 5.14. The molecule has 5 rings (SSSR count).